The predicted molar refractivity (Wildman–Crippen MR) is 92.4 cm³/mol. The molecule has 0 saturated carbocycles. The number of benzene rings is 1. The molecular weight excluding hydrogens is 359 g/mol. The number of aromatic nitrogens is 5. The number of hydrogen-bond donors (Lipinski definition) is 2. The monoisotopic (exact) mass is 371 g/mol. The van der Waals surface area contributed by atoms with Crippen molar-refractivity contribution in [3.05, 3.63) is 65.2 Å². The highest BCUT2D eigenvalue weighted by Crippen LogP contribution is 2.25. The number of fused-ring (bicyclic) bond motifs is 1. The van der Waals surface area contributed by atoms with Crippen molar-refractivity contribution in [1.82, 2.24) is 24.7 Å². The number of nitrogen functional groups attached to an aromatic ring is 2. The van der Waals surface area contributed by atoms with E-state index in [0.717, 1.165) is 12.1 Å². The first-order valence-electron chi connectivity index (χ1n) is 7.79. The fourth-order valence-corrected chi connectivity index (χ4v) is 2.75. The molecule has 0 spiro atoms. The summed E-state index contributed by atoms with van der Waals surface area (Å²) in [6.45, 7) is 0. The fourth-order valence-electron chi connectivity index (χ4n) is 2.75. The maximum atomic E-state index is 14.1. The van der Waals surface area contributed by atoms with E-state index in [-0.39, 0.29) is 29.7 Å². The van der Waals surface area contributed by atoms with Crippen molar-refractivity contribution in [3.8, 4) is 5.95 Å². The first-order valence-corrected chi connectivity index (χ1v) is 7.79. The largest absolute Gasteiger partial charge is 0.383 e. The maximum absolute atomic E-state index is 14.1. The molecule has 27 heavy (non-hydrogen) atoms. The van der Waals surface area contributed by atoms with E-state index in [1.165, 1.54) is 16.9 Å². The maximum Gasteiger partial charge on any atom is 0.255 e. The lowest BCUT2D eigenvalue weighted by Crippen LogP contribution is -2.08. The van der Waals surface area contributed by atoms with Gasteiger partial charge in [0.2, 0.25) is 0 Å². The summed E-state index contributed by atoms with van der Waals surface area (Å²) in [5.74, 6) is -2.94. The molecule has 0 bridgehead atoms. The van der Waals surface area contributed by atoms with E-state index < -0.39 is 23.0 Å². The van der Waals surface area contributed by atoms with Crippen molar-refractivity contribution >= 4 is 22.7 Å². The summed E-state index contributed by atoms with van der Waals surface area (Å²) in [5.41, 5.74) is 12.0. The van der Waals surface area contributed by atoms with Crippen molar-refractivity contribution in [2.24, 2.45) is 0 Å². The van der Waals surface area contributed by atoms with Crippen LogP contribution in [0.3, 0.4) is 0 Å². The fraction of sp³-hybridized carbons (Fsp3) is 0.0588. The van der Waals surface area contributed by atoms with Crippen molar-refractivity contribution in [3.63, 3.8) is 0 Å². The first kappa shape index (κ1) is 16.8. The van der Waals surface area contributed by atoms with E-state index >= 15 is 0 Å². The number of hydrogen-bond acceptors (Lipinski definition) is 6. The lowest BCUT2D eigenvalue weighted by Gasteiger charge is -2.04. The van der Waals surface area contributed by atoms with E-state index in [0.29, 0.717) is 11.0 Å². The van der Waals surface area contributed by atoms with Crippen LogP contribution >= 0.6 is 0 Å². The van der Waals surface area contributed by atoms with Crippen LogP contribution in [0.5, 0.6) is 0 Å². The Bertz CT molecular complexity index is 1150. The molecule has 1 aromatic carbocycles. The standard InChI is InChI=1S/C17H12F3N7/c18-9-3-4-10(19)15(20)8(9)6-11-16-12(2-1-5-23-16)27(26-11)17-24-13(21)7-14(22)25-17/h1-5,7H,6H2,(H4,21,22,24,25). The van der Waals surface area contributed by atoms with Gasteiger partial charge in [-0.25, -0.2) is 13.2 Å². The number of nitrogens with zero attached hydrogens (tertiary/aromatic N) is 5. The molecule has 3 heterocycles. The number of halogens is 3. The van der Waals surface area contributed by atoms with Gasteiger partial charge in [-0.1, -0.05) is 0 Å². The Hall–Kier alpha value is -3.69. The highest BCUT2D eigenvalue weighted by Gasteiger charge is 2.20. The molecule has 0 saturated heterocycles. The molecule has 0 amide bonds. The van der Waals surface area contributed by atoms with Gasteiger partial charge in [0, 0.05) is 24.2 Å². The van der Waals surface area contributed by atoms with Crippen molar-refractivity contribution in [2.75, 3.05) is 11.5 Å². The zero-order valence-corrected chi connectivity index (χ0v) is 13.7. The smallest absolute Gasteiger partial charge is 0.255 e. The zero-order chi connectivity index (χ0) is 19.1. The quantitative estimate of drug-likeness (QED) is 0.535. The topological polar surface area (TPSA) is 109 Å². The van der Waals surface area contributed by atoms with Crippen LogP contribution < -0.4 is 11.5 Å². The summed E-state index contributed by atoms with van der Waals surface area (Å²) >= 11 is 0. The van der Waals surface area contributed by atoms with Gasteiger partial charge in [-0.3, -0.25) is 4.98 Å². The van der Waals surface area contributed by atoms with Crippen LogP contribution in [0.1, 0.15) is 11.3 Å². The Morgan fingerprint density at radius 2 is 1.67 bits per heavy atom. The minimum atomic E-state index is -1.27. The van der Waals surface area contributed by atoms with Crippen LogP contribution in [0, 0.1) is 17.5 Å². The van der Waals surface area contributed by atoms with Gasteiger partial charge in [-0.15, -0.1) is 0 Å². The Morgan fingerprint density at radius 1 is 0.963 bits per heavy atom. The van der Waals surface area contributed by atoms with Crippen LogP contribution in [0.15, 0.2) is 36.5 Å². The summed E-state index contributed by atoms with van der Waals surface area (Å²) in [7, 11) is 0. The molecule has 136 valence electrons. The SMILES string of the molecule is Nc1cc(N)nc(-n2nc(Cc3c(F)ccc(F)c3F)c3ncccc32)n1. The van der Waals surface area contributed by atoms with Gasteiger partial charge in [0.1, 0.15) is 23.0 Å². The highest BCUT2D eigenvalue weighted by atomic mass is 19.2. The van der Waals surface area contributed by atoms with Gasteiger partial charge >= 0.3 is 0 Å². The Labute approximate surface area is 150 Å². The lowest BCUT2D eigenvalue weighted by molar-refractivity contribution is 0.482. The molecule has 0 aliphatic carbocycles. The highest BCUT2D eigenvalue weighted by molar-refractivity contribution is 5.79. The van der Waals surface area contributed by atoms with E-state index in [1.54, 1.807) is 12.1 Å². The number of rotatable bonds is 3. The number of nitrogens with two attached hydrogens (primary N) is 2. The molecule has 10 heteroatoms. The van der Waals surface area contributed by atoms with Crippen LogP contribution in [0.2, 0.25) is 0 Å². The Balaban J connectivity index is 1.90. The molecule has 3 aromatic heterocycles. The summed E-state index contributed by atoms with van der Waals surface area (Å²) in [5, 5.41) is 4.31. The molecule has 0 atom stereocenters. The van der Waals surface area contributed by atoms with Gasteiger partial charge in [-0.05, 0) is 24.3 Å². The Morgan fingerprint density at radius 3 is 2.41 bits per heavy atom. The summed E-state index contributed by atoms with van der Waals surface area (Å²) in [4.78, 5) is 12.4. The van der Waals surface area contributed by atoms with Gasteiger partial charge in [0.15, 0.2) is 11.6 Å². The second-order valence-electron chi connectivity index (χ2n) is 5.75. The molecule has 0 aliphatic heterocycles. The van der Waals surface area contributed by atoms with Crippen molar-refractivity contribution in [1.29, 1.82) is 0 Å². The van der Waals surface area contributed by atoms with Crippen LogP contribution in [-0.4, -0.2) is 24.7 Å². The van der Waals surface area contributed by atoms with Crippen LogP contribution in [0.4, 0.5) is 24.8 Å². The van der Waals surface area contributed by atoms with Crippen molar-refractivity contribution < 1.29 is 13.2 Å². The molecule has 4 N–H and O–H groups in total. The van der Waals surface area contributed by atoms with Gasteiger partial charge in [0.05, 0.1) is 11.2 Å². The zero-order valence-electron chi connectivity index (χ0n) is 13.7. The van der Waals surface area contributed by atoms with E-state index in [4.69, 9.17) is 11.5 Å². The molecule has 0 unspecified atom stereocenters. The molecule has 0 aliphatic rings. The third kappa shape index (κ3) is 2.90. The van der Waals surface area contributed by atoms with Gasteiger partial charge in [-0.2, -0.15) is 19.7 Å². The van der Waals surface area contributed by atoms with E-state index in [1.807, 2.05) is 0 Å². The molecule has 4 rings (SSSR count). The summed E-state index contributed by atoms with van der Waals surface area (Å²) in [6.07, 6.45) is 1.19. The second-order valence-corrected chi connectivity index (χ2v) is 5.75. The molecule has 4 aromatic rings. The predicted octanol–water partition coefficient (Wildman–Crippen LogP) is 2.38. The molecular formula is C17H12F3N7. The summed E-state index contributed by atoms with van der Waals surface area (Å²) in [6, 6.07) is 6.31. The number of anilines is 2. The minimum absolute atomic E-state index is 0.0805. The summed E-state index contributed by atoms with van der Waals surface area (Å²) < 4.78 is 42.9. The van der Waals surface area contributed by atoms with Gasteiger partial charge in [0.25, 0.3) is 5.95 Å². The van der Waals surface area contributed by atoms with E-state index in [2.05, 4.69) is 20.1 Å². The molecule has 0 radical (unpaired) electrons. The van der Waals surface area contributed by atoms with Crippen molar-refractivity contribution in [2.45, 2.75) is 6.42 Å². The third-order valence-electron chi connectivity index (χ3n) is 3.94. The average Bonchev–Trinajstić information content (AvgIpc) is 3.00. The van der Waals surface area contributed by atoms with Crippen LogP contribution in [0.25, 0.3) is 17.0 Å². The normalized spacial score (nSPS) is 11.2. The van der Waals surface area contributed by atoms with E-state index in [9.17, 15) is 13.2 Å². The average molecular weight is 371 g/mol. The molecule has 7 nitrogen and oxygen atoms in total. The van der Waals surface area contributed by atoms with Gasteiger partial charge < -0.3 is 11.5 Å². The second kappa shape index (κ2) is 6.24. The number of pyridine rings is 1. The Kier molecular flexibility index (Phi) is 3.87. The first-order chi connectivity index (χ1) is 12.9. The van der Waals surface area contributed by atoms with Crippen LogP contribution in [-0.2, 0) is 6.42 Å². The molecule has 0 fully saturated rings. The lowest BCUT2D eigenvalue weighted by atomic mass is 10.1. The third-order valence-corrected chi connectivity index (χ3v) is 3.94. The minimum Gasteiger partial charge on any atom is -0.383 e.